The number of fused-ring (bicyclic) bond motifs is 1. The minimum atomic E-state index is -0.870. The number of hydrogen-bond acceptors (Lipinski definition) is 4. The van der Waals surface area contributed by atoms with E-state index in [0.717, 1.165) is 29.7 Å². The van der Waals surface area contributed by atoms with Crippen LogP contribution in [0.2, 0.25) is 0 Å². The van der Waals surface area contributed by atoms with Gasteiger partial charge in [-0.2, -0.15) is 0 Å². The van der Waals surface area contributed by atoms with Crippen molar-refractivity contribution in [3.8, 4) is 5.75 Å². The smallest absolute Gasteiger partial charge is 0.325 e. The number of rotatable bonds is 3. The summed E-state index contributed by atoms with van der Waals surface area (Å²) >= 11 is 0. The first kappa shape index (κ1) is 15.8. The molecule has 1 atom stereocenters. The van der Waals surface area contributed by atoms with Crippen molar-refractivity contribution in [1.82, 2.24) is 9.80 Å². The average Bonchev–Trinajstić information content (AvgIpc) is 2.86. The standard InChI is InChI=1S/C17H22N2O4/c1-12(20)18-7-3-8-19(10-9-18)15(17(21)22)14-5-2-4-13-6-11-23-16(13)14/h2,4-5,15H,3,6-11H2,1H3,(H,21,22)/t15-/m1/s1. The summed E-state index contributed by atoms with van der Waals surface area (Å²) in [6.07, 6.45) is 1.60. The molecule has 6 nitrogen and oxygen atoms in total. The first-order valence-electron chi connectivity index (χ1n) is 8.05. The molecule has 6 heteroatoms. The largest absolute Gasteiger partial charge is 0.493 e. The Labute approximate surface area is 135 Å². The van der Waals surface area contributed by atoms with Crippen molar-refractivity contribution in [3.63, 3.8) is 0 Å². The van der Waals surface area contributed by atoms with E-state index >= 15 is 0 Å². The molecule has 1 aromatic rings. The van der Waals surface area contributed by atoms with Crippen molar-refractivity contribution in [3.05, 3.63) is 29.3 Å². The monoisotopic (exact) mass is 318 g/mol. The molecule has 2 heterocycles. The molecule has 1 aromatic carbocycles. The molecule has 23 heavy (non-hydrogen) atoms. The van der Waals surface area contributed by atoms with Crippen LogP contribution in [0.5, 0.6) is 5.75 Å². The van der Waals surface area contributed by atoms with E-state index in [-0.39, 0.29) is 5.91 Å². The lowest BCUT2D eigenvalue weighted by Crippen LogP contribution is -2.38. The highest BCUT2D eigenvalue weighted by atomic mass is 16.5. The van der Waals surface area contributed by atoms with Crippen LogP contribution in [-0.2, 0) is 16.0 Å². The Balaban J connectivity index is 1.87. The van der Waals surface area contributed by atoms with Gasteiger partial charge >= 0.3 is 5.97 Å². The lowest BCUT2D eigenvalue weighted by Gasteiger charge is -2.28. The van der Waals surface area contributed by atoms with Crippen LogP contribution >= 0.6 is 0 Å². The number of carbonyl (C=O) groups is 2. The van der Waals surface area contributed by atoms with Crippen LogP contribution in [0, 0.1) is 0 Å². The van der Waals surface area contributed by atoms with Gasteiger partial charge in [-0.05, 0) is 12.0 Å². The topological polar surface area (TPSA) is 70.1 Å². The van der Waals surface area contributed by atoms with Gasteiger partial charge in [0, 0.05) is 45.1 Å². The van der Waals surface area contributed by atoms with Crippen molar-refractivity contribution in [1.29, 1.82) is 0 Å². The molecule has 1 N–H and O–H groups in total. The van der Waals surface area contributed by atoms with E-state index in [1.165, 1.54) is 0 Å². The third-order valence-corrected chi connectivity index (χ3v) is 4.61. The van der Waals surface area contributed by atoms with Gasteiger partial charge in [0.05, 0.1) is 6.61 Å². The quantitative estimate of drug-likeness (QED) is 0.910. The number of benzene rings is 1. The fraction of sp³-hybridized carbons (Fsp3) is 0.529. The average molecular weight is 318 g/mol. The van der Waals surface area contributed by atoms with Crippen molar-refractivity contribution in [2.75, 3.05) is 32.8 Å². The Bertz CT molecular complexity index is 617. The van der Waals surface area contributed by atoms with E-state index in [9.17, 15) is 14.7 Å². The van der Waals surface area contributed by atoms with E-state index in [1.807, 2.05) is 23.1 Å². The van der Waals surface area contributed by atoms with E-state index in [0.29, 0.717) is 32.8 Å². The first-order chi connectivity index (χ1) is 11.1. The Hall–Kier alpha value is -2.08. The highest BCUT2D eigenvalue weighted by molar-refractivity contribution is 5.77. The van der Waals surface area contributed by atoms with Gasteiger partial charge in [0.1, 0.15) is 11.8 Å². The zero-order valence-electron chi connectivity index (χ0n) is 13.3. The van der Waals surface area contributed by atoms with Gasteiger partial charge in [-0.1, -0.05) is 18.2 Å². The molecule has 1 saturated heterocycles. The molecular formula is C17H22N2O4. The van der Waals surface area contributed by atoms with Crippen molar-refractivity contribution < 1.29 is 19.4 Å². The number of ether oxygens (including phenoxy) is 1. The maximum absolute atomic E-state index is 11.9. The van der Waals surface area contributed by atoms with E-state index in [4.69, 9.17) is 4.74 Å². The van der Waals surface area contributed by atoms with E-state index < -0.39 is 12.0 Å². The third kappa shape index (κ3) is 3.17. The minimum absolute atomic E-state index is 0.0441. The van der Waals surface area contributed by atoms with Crippen LogP contribution in [0.1, 0.15) is 30.5 Å². The molecule has 1 amide bonds. The molecule has 2 aliphatic heterocycles. The second-order valence-corrected chi connectivity index (χ2v) is 6.07. The summed E-state index contributed by atoms with van der Waals surface area (Å²) in [7, 11) is 0. The molecule has 0 unspecified atom stereocenters. The first-order valence-corrected chi connectivity index (χ1v) is 8.05. The van der Waals surface area contributed by atoms with Gasteiger partial charge in [0.2, 0.25) is 5.91 Å². The van der Waals surface area contributed by atoms with Crippen LogP contribution in [0.25, 0.3) is 0 Å². The lowest BCUT2D eigenvalue weighted by molar-refractivity contribution is -0.143. The van der Waals surface area contributed by atoms with Gasteiger partial charge in [-0.3, -0.25) is 14.5 Å². The normalized spacial score (nSPS) is 19.6. The van der Waals surface area contributed by atoms with Gasteiger partial charge in [0.25, 0.3) is 0 Å². The number of aliphatic carboxylic acids is 1. The predicted molar refractivity (Wildman–Crippen MR) is 84.5 cm³/mol. The zero-order valence-corrected chi connectivity index (χ0v) is 13.3. The summed E-state index contributed by atoms with van der Waals surface area (Å²) < 4.78 is 5.69. The van der Waals surface area contributed by atoms with Crippen LogP contribution in [-0.4, -0.2) is 59.6 Å². The molecule has 0 spiro atoms. The molecule has 124 valence electrons. The molecule has 3 rings (SSSR count). The second kappa shape index (κ2) is 6.58. The van der Waals surface area contributed by atoms with Crippen LogP contribution < -0.4 is 4.74 Å². The zero-order chi connectivity index (χ0) is 16.4. The maximum Gasteiger partial charge on any atom is 0.325 e. The van der Waals surface area contributed by atoms with Gasteiger partial charge in [-0.25, -0.2) is 0 Å². The second-order valence-electron chi connectivity index (χ2n) is 6.07. The van der Waals surface area contributed by atoms with E-state index in [2.05, 4.69) is 0 Å². The Morgan fingerprint density at radius 3 is 2.78 bits per heavy atom. The Morgan fingerprint density at radius 2 is 2.04 bits per heavy atom. The number of hydrogen-bond donors (Lipinski definition) is 1. The summed E-state index contributed by atoms with van der Waals surface area (Å²) in [5.41, 5.74) is 1.80. The van der Waals surface area contributed by atoms with E-state index in [1.54, 1.807) is 11.8 Å². The fourth-order valence-corrected chi connectivity index (χ4v) is 3.45. The molecule has 0 saturated carbocycles. The maximum atomic E-state index is 11.9. The highest BCUT2D eigenvalue weighted by Crippen LogP contribution is 2.36. The summed E-state index contributed by atoms with van der Waals surface area (Å²) in [5.74, 6) is -0.0968. The van der Waals surface area contributed by atoms with Crippen LogP contribution in [0.3, 0.4) is 0 Å². The lowest BCUT2D eigenvalue weighted by atomic mass is 10.0. The number of nitrogens with zero attached hydrogens (tertiary/aromatic N) is 2. The SMILES string of the molecule is CC(=O)N1CCCN([C@@H](C(=O)O)c2cccc3c2OCC3)CC1. The number of carboxylic acids is 1. The van der Waals surface area contributed by atoms with Crippen LogP contribution in [0.4, 0.5) is 0 Å². The van der Waals surface area contributed by atoms with Gasteiger partial charge in [0.15, 0.2) is 0 Å². The molecular weight excluding hydrogens is 296 g/mol. The number of amides is 1. The molecule has 0 radical (unpaired) electrons. The van der Waals surface area contributed by atoms with Gasteiger partial charge < -0.3 is 14.7 Å². The Morgan fingerprint density at radius 1 is 1.22 bits per heavy atom. The van der Waals surface area contributed by atoms with Crippen molar-refractivity contribution >= 4 is 11.9 Å². The molecule has 0 bridgehead atoms. The molecule has 1 fully saturated rings. The van der Waals surface area contributed by atoms with Crippen LogP contribution in [0.15, 0.2) is 18.2 Å². The summed E-state index contributed by atoms with van der Waals surface area (Å²) in [4.78, 5) is 27.2. The Kier molecular flexibility index (Phi) is 4.52. The summed E-state index contributed by atoms with van der Waals surface area (Å²) in [6, 6.07) is 5.01. The number of carboxylic acid groups (broad SMARTS) is 1. The number of para-hydroxylation sites is 1. The number of carbonyl (C=O) groups excluding carboxylic acids is 1. The summed E-state index contributed by atoms with van der Waals surface area (Å²) in [5, 5.41) is 9.80. The highest BCUT2D eigenvalue weighted by Gasteiger charge is 2.33. The molecule has 0 aliphatic carbocycles. The minimum Gasteiger partial charge on any atom is -0.493 e. The predicted octanol–water partition coefficient (Wildman–Crippen LogP) is 1.30. The fourth-order valence-electron chi connectivity index (χ4n) is 3.45. The van der Waals surface area contributed by atoms with Crippen molar-refractivity contribution in [2.45, 2.75) is 25.8 Å². The molecule has 2 aliphatic rings. The third-order valence-electron chi connectivity index (χ3n) is 4.61. The van der Waals surface area contributed by atoms with Gasteiger partial charge in [-0.15, -0.1) is 0 Å². The van der Waals surface area contributed by atoms with Crippen molar-refractivity contribution in [2.24, 2.45) is 0 Å². The summed E-state index contributed by atoms with van der Waals surface area (Å²) in [6.45, 7) is 4.63. The molecule has 0 aromatic heterocycles.